The third-order valence-electron chi connectivity index (χ3n) is 2.99. The van der Waals surface area contributed by atoms with Crippen molar-refractivity contribution in [1.29, 1.82) is 0 Å². The Morgan fingerprint density at radius 3 is 2.36 bits per heavy atom. The van der Waals surface area contributed by atoms with Gasteiger partial charge in [0.2, 0.25) is 0 Å². The highest BCUT2D eigenvalue weighted by Gasteiger charge is 2.38. The Kier molecular flexibility index (Phi) is 1.67. The summed E-state index contributed by atoms with van der Waals surface area (Å²) in [6, 6.07) is 0. The number of hydrogen-bond acceptors (Lipinski definition) is 1. The summed E-state index contributed by atoms with van der Waals surface area (Å²) in [5.41, 5.74) is 0.245. The van der Waals surface area contributed by atoms with Crippen molar-refractivity contribution in [2.45, 2.75) is 50.5 Å². The van der Waals surface area contributed by atoms with E-state index in [0.29, 0.717) is 0 Å². The quantitative estimate of drug-likeness (QED) is 0.518. The molecule has 1 saturated heterocycles. The van der Waals surface area contributed by atoms with E-state index in [1.807, 2.05) is 0 Å². The summed E-state index contributed by atoms with van der Waals surface area (Å²) in [6.45, 7) is 3.88. The van der Waals surface area contributed by atoms with Gasteiger partial charge < -0.3 is 4.74 Å². The molecule has 0 atom stereocenters. The van der Waals surface area contributed by atoms with Crippen LogP contribution in [0.15, 0.2) is 12.3 Å². The van der Waals surface area contributed by atoms with Gasteiger partial charge in [0.1, 0.15) is 5.60 Å². The first-order chi connectivity index (χ1) is 5.31. The molecule has 1 saturated carbocycles. The molecular weight excluding hydrogens is 136 g/mol. The lowest BCUT2D eigenvalue weighted by atomic mass is 9.83. The molecular formula is C10H16O. The number of allylic oxidation sites excluding steroid dienone is 1. The fourth-order valence-electron chi connectivity index (χ4n) is 2.32. The average molecular weight is 152 g/mol. The van der Waals surface area contributed by atoms with E-state index < -0.39 is 0 Å². The largest absolute Gasteiger partial charge is 0.492 e. The maximum absolute atomic E-state index is 5.80. The maximum Gasteiger partial charge on any atom is 0.109 e. The minimum atomic E-state index is 0.245. The second kappa shape index (κ2) is 2.54. The topological polar surface area (TPSA) is 9.23 Å². The summed E-state index contributed by atoms with van der Waals surface area (Å²) in [4.78, 5) is 0. The van der Waals surface area contributed by atoms with Crippen LogP contribution in [-0.4, -0.2) is 5.60 Å². The first-order valence-corrected chi connectivity index (χ1v) is 4.68. The van der Waals surface area contributed by atoms with Crippen molar-refractivity contribution in [2.24, 2.45) is 0 Å². The van der Waals surface area contributed by atoms with Crippen molar-refractivity contribution in [3.05, 3.63) is 12.3 Å². The van der Waals surface area contributed by atoms with Gasteiger partial charge in [-0.15, -0.1) is 0 Å². The van der Waals surface area contributed by atoms with Crippen LogP contribution in [0.25, 0.3) is 0 Å². The Morgan fingerprint density at radius 2 is 1.82 bits per heavy atom. The molecule has 2 aliphatic rings. The summed E-state index contributed by atoms with van der Waals surface area (Å²) < 4.78 is 5.80. The molecule has 1 aliphatic carbocycles. The highest BCUT2D eigenvalue weighted by Crippen LogP contribution is 2.42. The van der Waals surface area contributed by atoms with E-state index in [2.05, 4.69) is 6.58 Å². The van der Waals surface area contributed by atoms with Gasteiger partial charge in [-0.2, -0.15) is 0 Å². The van der Waals surface area contributed by atoms with Crippen molar-refractivity contribution in [3.8, 4) is 0 Å². The molecule has 2 fully saturated rings. The van der Waals surface area contributed by atoms with Gasteiger partial charge in [0.25, 0.3) is 0 Å². The third kappa shape index (κ3) is 1.29. The predicted molar refractivity (Wildman–Crippen MR) is 45.3 cm³/mol. The zero-order valence-electron chi connectivity index (χ0n) is 7.07. The van der Waals surface area contributed by atoms with Crippen molar-refractivity contribution in [1.82, 2.24) is 0 Å². The zero-order chi connectivity index (χ0) is 7.73. The highest BCUT2D eigenvalue weighted by atomic mass is 16.5. The average Bonchev–Trinajstić information content (AvgIpc) is 2.34. The fraction of sp³-hybridized carbons (Fsp3) is 0.800. The standard InChI is InChI=1S/C10H16O/c1-9-5-8-10(11-9)6-3-2-4-7-10/h1-8H2. The van der Waals surface area contributed by atoms with Crippen molar-refractivity contribution in [2.75, 3.05) is 0 Å². The molecule has 1 heterocycles. The Balaban J connectivity index is 2.03. The zero-order valence-corrected chi connectivity index (χ0v) is 7.07. The minimum absolute atomic E-state index is 0.245. The molecule has 1 heteroatoms. The Bertz CT molecular complexity index is 166. The fourth-order valence-corrected chi connectivity index (χ4v) is 2.32. The molecule has 1 aliphatic heterocycles. The van der Waals surface area contributed by atoms with E-state index in [1.54, 1.807) is 0 Å². The smallest absolute Gasteiger partial charge is 0.109 e. The Morgan fingerprint density at radius 1 is 1.09 bits per heavy atom. The van der Waals surface area contributed by atoms with E-state index in [9.17, 15) is 0 Å². The van der Waals surface area contributed by atoms with Gasteiger partial charge in [0.15, 0.2) is 0 Å². The van der Waals surface area contributed by atoms with Gasteiger partial charge in [0, 0.05) is 6.42 Å². The van der Waals surface area contributed by atoms with Crippen molar-refractivity contribution >= 4 is 0 Å². The van der Waals surface area contributed by atoms with Crippen LogP contribution in [-0.2, 0) is 4.74 Å². The molecule has 0 aromatic carbocycles. The molecule has 0 unspecified atom stereocenters. The molecule has 1 nitrogen and oxygen atoms in total. The van der Waals surface area contributed by atoms with Gasteiger partial charge in [-0.1, -0.05) is 13.0 Å². The van der Waals surface area contributed by atoms with Crippen LogP contribution in [0.1, 0.15) is 44.9 Å². The van der Waals surface area contributed by atoms with Gasteiger partial charge >= 0.3 is 0 Å². The van der Waals surface area contributed by atoms with Gasteiger partial charge in [-0.25, -0.2) is 0 Å². The number of hydrogen-bond donors (Lipinski definition) is 0. The minimum Gasteiger partial charge on any atom is -0.492 e. The van der Waals surface area contributed by atoms with E-state index >= 15 is 0 Å². The lowest BCUT2D eigenvalue weighted by molar-refractivity contribution is 0.00636. The second-order valence-corrected chi connectivity index (χ2v) is 3.88. The summed E-state index contributed by atoms with van der Waals surface area (Å²) in [5.74, 6) is 1.02. The van der Waals surface area contributed by atoms with Crippen molar-refractivity contribution in [3.63, 3.8) is 0 Å². The highest BCUT2D eigenvalue weighted by molar-refractivity contribution is 5.00. The Labute approximate surface area is 68.4 Å². The van der Waals surface area contributed by atoms with E-state index in [4.69, 9.17) is 4.74 Å². The first-order valence-electron chi connectivity index (χ1n) is 4.68. The van der Waals surface area contributed by atoms with Crippen molar-refractivity contribution < 1.29 is 4.74 Å². The Hall–Kier alpha value is -0.460. The molecule has 11 heavy (non-hydrogen) atoms. The monoisotopic (exact) mass is 152 g/mol. The number of ether oxygens (including phenoxy) is 1. The third-order valence-corrected chi connectivity index (χ3v) is 2.99. The van der Waals surface area contributed by atoms with Crippen LogP contribution in [0, 0.1) is 0 Å². The molecule has 2 rings (SSSR count). The molecule has 62 valence electrons. The van der Waals surface area contributed by atoms with Crippen LogP contribution >= 0.6 is 0 Å². The van der Waals surface area contributed by atoms with Crippen LogP contribution in [0.3, 0.4) is 0 Å². The van der Waals surface area contributed by atoms with Gasteiger partial charge in [-0.05, 0) is 32.1 Å². The van der Waals surface area contributed by atoms with Crippen LogP contribution in [0.4, 0.5) is 0 Å². The second-order valence-electron chi connectivity index (χ2n) is 3.88. The normalized spacial score (nSPS) is 28.9. The first kappa shape index (κ1) is 7.20. The molecule has 0 amide bonds. The van der Waals surface area contributed by atoms with E-state index in [-0.39, 0.29) is 5.60 Å². The summed E-state index contributed by atoms with van der Waals surface area (Å²) in [7, 11) is 0. The molecule has 0 aromatic heterocycles. The molecule has 0 radical (unpaired) electrons. The maximum atomic E-state index is 5.80. The van der Waals surface area contributed by atoms with Crippen LogP contribution in [0.2, 0.25) is 0 Å². The van der Waals surface area contributed by atoms with Gasteiger partial charge in [0.05, 0.1) is 5.76 Å². The lowest BCUT2D eigenvalue weighted by Crippen LogP contribution is -2.29. The van der Waals surface area contributed by atoms with Gasteiger partial charge in [-0.3, -0.25) is 0 Å². The van der Waals surface area contributed by atoms with Crippen LogP contribution < -0.4 is 0 Å². The van der Waals surface area contributed by atoms with Crippen LogP contribution in [0.5, 0.6) is 0 Å². The molecule has 0 bridgehead atoms. The van der Waals surface area contributed by atoms with E-state index in [1.165, 1.54) is 38.5 Å². The molecule has 1 spiro atoms. The SMILES string of the molecule is C=C1CCC2(CCCCC2)O1. The number of rotatable bonds is 0. The predicted octanol–water partition coefficient (Wildman–Crippen LogP) is 3.01. The summed E-state index contributed by atoms with van der Waals surface area (Å²) in [5, 5.41) is 0. The van der Waals surface area contributed by atoms with E-state index in [0.717, 1.165) is 12.2 Å². The molecule has 0 aromatic rings. The molecule has 0 N–H and O–H groups in total. The lowest BCUT2D eigenvalue weighted by Gasteiger charge is -2.32. The summed E-state index contributed by atoms with van der Waals surface area (Å²) >= 11 is 0. The summed E-state index contributed by atoms with van der Waals surface area (Å²) in [6.07, 6.45) is 8.97.